The summed E-state index contributed by atoms with van der Waals surface area (Å²) < 4.78 is 15.6. The molecule has 9 heteroatoms. The molecule has 1 aliphatic carbocycles. The molecule has 6 aromatic carbocycles. The molecule has 0 heterocycles. The Hall–Kier alpha value is -7.00. The number of Topliss-reactive ketones (excluding diaryl/α,β-unsaturated/α-hetero) is 1. The molecule has 0 fully saturated rings. The molecule has 0 aliphatic heterocycles. The summed E-state index contributed by atoms with van der Waals surface area (Å²) in [4.78, 5) is 46.4. The molecular formula is C48H44O9. The van der Waals surface area contributed by atoms with Crippen molar-refractivity contribution < 1.29 is 43.6 Å². The van der Waals surface area contributed by atoms with E-state index in [1.807, 2.05) is 91.0 Å². The van der Waals surface area contributed by atoms with E-state index in [2.05, 4.69) is 0 Å². The fourth-order valence-corrected chi connectivity index (χ4v) is 6.49. The standard InChI is InChI=1S/C16H14O4.C16H16O3.C16H14O2/c1-20-13-8-7-12(9-15(17)18)14(10-13)16(19)11-5-3-2-4-6-11;1-19-15-8-7-13(11-16(17)18)14(10-15)9-12-5-3-2-4-6-12;1-18-14-7-6-11-10-16(17)15-5-3-2-4-12(15)8-13(11)9-14/h2-8,10H,9H2,1H3,(H,17,18);2-8,10H,9,11H2,1H3,(H,17,18);2-7,9H,8,10H2,1H3. The van der Waals surface area contributed by atoms with Gasteiger partial charge in [-0.05, 0) is 88.2 Å². The highest BCUT2D eigenvalue weighted by Gasteiger charge is 2.20. The molecule has 0 saturated carbocycles. The summed E-state index contributed by atoms with van der Waals surface area (Å²) >= 11 is 0. The van der Waals surface area contributed by atoms with Gasteiger partial charge in [-0.1, -0.05) is 103 Å². The number of methoxy groups -OCH3 is 3. The van der Waals surface area contributed by atoms with Gasteiger partial charge < -0.3 is 24.4 Å². The zero-order valence-electron chi connectivity index (χ0n) is 32.1. The van der Waals surface area contributed by atoms with E-state index in [0.717, 1.165) is 51.3 Å². The van der Waals surface area contributed by atoms with E-state index in [0.29, 0.717) is 35.3 Å². The van der Waals surface area contributed by atoms with Crippen LogP contribution in [0.25, 0.3) is 0 Å². The molecular weight excluding hydrogens is 721 g/mol. The third-order valence-electron chi connectivity index (χ3n) is 9.39. The lowest BCUT2D eigenvalue weighted by molar-refractivity contribution is -0.137. The highest BCUT2D eigenvalue weighted by atomic mass is 16.5. The summed E-state index contributed by atoms with van der Waals surface area (Å²) in [5.74, 6) is 0.325. The second kappa shape index (κ2) is 20.1. The molecule has 57 heavy (non-hydrogen) atoms. The van der Waals surface area contributed by atoms with E-state index in [1.54, 1.807) is 62.8 Å². The van der Waals surface area contributed by atoms with Crippen LogP contribution in [0.5, 0.6) is 17.2 Å². The molecule has 6 aromatic rings. The second-order valence-corrected chi connectivity index (χ2v) is 13.2. The quantitative estimate of drug-likeness (QED) is 0.125. The molecule has 2 N–H and O–H groups in total. The molecule has 0 bridgehead atoms. The number of fused-ring (bicyclic) bond motifs is 2. The number of carbonyl (C=O) groups is 4. The lowest BCUT2D eigenvalue weighted by Crippen LogP contribution is -2.09. The van der Waals surface area contributed by atoms with Gasteiger partial charge in [0.1, 0.15) is 17.2 Å². The fourth-order valence-electron chi connectivity index (χ4n) is 6.49. The molecule has 7 rings (SSSR count). The van der Waals surface area contributed by atoms with Gasteiger partial charge in [-0.2, -0.15) is 0 Å². The summed E-state index contributed by atoms with van der Waals surface area (Å²) in [6, 6.07) is 42.9. The maximum absolute atomic E-state index is 12.5. The number of carbonyl (C=O) groups excluding carboxylic acids is 2. The number of carboxylic acid groups (broad SMARTS) is 2. The molecule has 0 radical (unpaired) electrons. The summed E-state index contributed by atoms with van der Waals surface area (Å²) in [5, 5.41) is 17.9. The van der Waals surface area contributed by atoms with Gasteiger partial charge in [0.25, 0.3) is 0 Å². The van der Waals surface area contributed by atoms with Crippen LogP contribution in [-0.2, 0) is 41.7 Å². The van der Waals surface area contributed by atoms with E-state index in [9.17, 15) is 19.2 Å². The third kappa shape index (κ3) is 11.5. The zero-order chi connectivity index (χ0) is 40.7. The Balaban J connectivity index is 0.000000163. The second-order valence-electron chi connectivity index (χ2n) is 13.2. The first kappa shape index (κ1) is 41.2. The van der Waals surface area contributed by atoms with Crippen LogP contribution >= 0.6 is 0 Å². The van der Waals surface area contributed by atoms with E-state index >= 15 is 0 Å². The minimum Gasteiger partial charge on any atom is -0.497 e. The van der Waals surface area contributed by atoms with Gasteiger partial charge >= 0.3 is 11.9 Å². The lowest BCUT2D eigenvalue weighted by atomic mass is 9.96. The van der Waals surface area contributed by atoms with Crippen LogP contribution in [0.15, 0.2) is 140 Å². The summed E-state index contributed by atoms with van der Waals surface area (Å²) in [6.07, 6.45) is 1.83. The van der Waals surface area contributed by atoms with Crippen molar-refractivity contribution >= 4 is 23.5 Å². The molecule has 0 unspecified atom stereocenters. The Kier molecular flexibility index (Phi) is 14.5. The normalized spacial score (nSPS) is 11.2. The van der Waals surface area contributed by atoms with Crippen LogP contribution in [0.1, 0.15) is 65.2 Å². The Morgan fingerprint density at radius 3 is 1.72 bits per heavy atom. The van der Waals surface area contributed by atoms with Crippen molar-refractivity contribution in [3.05, 3.63) is 195 Å². The average molecular weight is 765 g/mol. The molecule has 0 amide bonds. The summed E-state index contributed by atoms with van der Waals surface area (Å²) in [5.41, 5.74) is 8.59. The molecule has 0 aromatic heterocycles. The van der Waals surface area contributed by atoms with Crippen LogP contribution in [-0.4, -0.2) is 55.0 Å². The minimum absolute atomic E-state index is 0.0339. The van der Waals surface area contributed by atoms with Crippen molar-refractivity contribution in [3.8, 4) is 17.2 Å². The van der Waals surface area contributed by atoms with E-state index in [1.165, 1.54) is 12.7 Å². The van der Waals surface area contributed by atoms with Gasteiger partial charge in [-0.3, -0.25) is 19.2 Å². The zero-order valence-corrected chi connectivity index (χ0v) is 32.1. The van der Waals surface area contributed by atoms with Crippen molar-refractivity contribution in [3.63, 3.8) is 0 Å². The SMILES string of the molecule is COc1ccc(CC(=O)O)c(C(=O)c2ccccc2)c1.COc1ccc(CC(=O)O)c(Cc2ccccc2)c1.COc1ccc2c(c1)Cc1ccccc1C(=O)C2. The van der Waals surface area contributed by atoms with Crippen molar-refractivity contribution in [1.29, 1.82) is 0 Å². The third-order valence-corrected chi connectivity index (χ3v) is 9.39. The van der Waals surface area contributed by atoms with Gasteiger partial charge in [-0.25, -0.2) is 0 Å². The summed E-state index contributed by atoms with van der Waals surface area (Å²) in [7, 11) is 4.78. The van der Waals surface area contributed by atoms with E-state index in [4.69, 9.17) is 24.4 Å². The van der Waals surface area contributed by atoms with Crippen LogP contribution in [0, 0.1) is 0 Å². The summed E-state index contributed by atoms with van der Waals surface area (Å²) in [6.45, 7) is 0. The van der Waals surface area contributed by atoms with Crippen molar-refractivity contribution in [2.45, 2.75) is 32.1 Å². The maximum Gasteiger partial charge on any atom is 0.307 e. The van der Waals surface area contributed by atoms with Gasteiger partial charge in [0, 0.05) is 23.1 Å². The van der Waals surface area contributed by atoms with E-state index < -0.39 is 11.9 Å². The molecule has 9 nitrogen and oxygen atoms in total. The Morgan fingerprint density at radius 1 is 0.526 bits per heavy atom. The maximum atomic E-state index is 12.5. The first-order valence-corrected chi connectivity index (χ1v) is 18.2. The number of hydrogen-bond donors (Lipinski definition) is 2. The smallest absolute Gasteiger partial charge is 0.307 e. The predicted molar refractivity (Wildman–Crippen MR) is 218 cm³/mol. The fraction of sp³-hybridized carbons (Fsp3) is 0.167. The molecule has 290 valence electrons. The number of ether oxygens (including phenoxy) is 3. The highest BCUT2D eigenvalue weighted by Crippen LogP contribution is 2.28. The largest absolute Gasteiger partial charge is 0.497 e. The predicted octanol–water partition coefficient (Wildman–Crippen LogP) is 8.49. The number of rotatable bonds is 11. The highest BCUT2D eigenvalue weighted by molar-refractivity contribution is 6.10. The number of ketones is 2. The number of benzene rings is 6. The van der Waals surface area contributed by atoms with Crippen LogP contribution in [0.2, 0.25) is 0 Å². The van der Waals surface area contributed by atoms with Crippen LogP contribution in [0.3, 0.4) is 0 Å². The minimum atomic E-state index is -0.975. The lowest BCUT2D eigenvalue weighted by Gasteiger charge is -2.10. The number of aliphatic carboxylic acids is 2. The Morgan fingerprint density at radius 2 is 1.07 bits per heavy atom. The van der Waals surface area contributed by atoms with Crippen LogP contribution < -0.4 is 14.2 Å². The Bertz CT molecular complexity index is 2330. The van der Waals surface area contributed by atoms with Crippen molar-refractivity contribution in [1.82, 2.24) is 0 Å². The Labute approximate surface area is 332 Å². The molecule has 0 saturated heterocycles. The number of hydrogen-bond acceptors (Lipinski definition) is 7. The van der Waals surface area contributed by atoms with E-state index in [-0.39, 0.29) is 24.4 Å². The number of carboxylic acids is 2. The molecule has 0 atom stereocenters. The molecule has 1 aliphatic rings. The topological polar surface area (TPSA) is 136 Å². The van der Waals surface area contributed by atoms with Crippen molar-refractivity contribution in [2.24, 2.45) is 0 Å². The van der Waals surface area contributed by atoms with Gasteiger partial charge in [0.15, 0.2) is 11.6 Å². The van der Waals surface area contributed by atoms with Gasteiger partial charge in [-0.15, -0.1) is 0 Å². The monoisotopic (exact) mass is 764 g/mol. The van der Waals surface area contributed by atoms with Gasteiger partial charge in [0.05, 0.1) is 34.2 Å². The van der Waals surface area contributed by atoms with Crippen molar-refractivity contribution in [2.75, 3.05) is 21.3 Å². The average Bonchev–Trinajstić information content (AvgIpc) is 3.37. The molecule has 0 spiro atoms. The first-order valence-electron chi connectivity index (χ1n) is 18.2. The van der Waals surface area contributed by atoms with Gasteiger partial charge in [0.2, 0.25) is 0 Å². The first-order chi connectivity index (χ1) is 27.6. The van der Waals surface area contributed by atoms with Crippen LogP contribution in [0.4, 0.5) is 0 Å².